The Morgan fingerprint density at radius 2 is 2.17 bits per heavy atom. The molecule has 1 N–H and O–H groups in total. The van der Waals surface area contributed by atoms with Crippen LogP contribution in [0.3, 0.4) is 0 Å². The number of carbonyl (C=O) groups is 1. The lowest BCUT2D eigenvalue weighted by Gasteiger charge is -2.17. The lowest BCUT2D eigenvalue weighted by Crippen LogP contribution is -2.31. The normalized spacial score (nSPS) is 23.0. The first-order valence-corrected chi connectivity index (χ1v) is 7.73. The van der Waals surface area contributed by atoms with Gasteiger partial charge >= 0.3 is 0 Å². The number of alkyl halides is 1. The number of nitrogens with one attached hydrogen (secondary N) is 1. The Balaban J connectivity index is 1.88. The van der Waals surface area contributed by atoms with Crippen molar-refractivity contribution in [1.29, 1.82) is 0 Å². The lowest BCUT2D eigenvalue weighted by atomic mass is 9.98. The van der Waals surface area contributed by atoms with Crippen LogP contribution in [0.25, 0.3) is 0 Å². The highest BCUT2D eigenvalue weighted by Gasteiger charge is 2.26. The lowest BCUT2D eigenvalue weighted by molar-refractivity contribution is 0.0944. The third-order valence-corrected chi connectivity index (χ3v) is 4.65. The molecule has 2 unspecified atom stereocenters. The van der Waals surface area contributed by atoms with Crippen molar-refractivity contribution in [2.24, 2.45) is 11.8 Å². The van der Waals surface area contributed by atoms with Gasteiger partial charge in [0.1, 0.15) is 0 Å². The van der Waals surface area contributed by atoms with Gasteiger partial charge in [0.05, 0.1) is 0 Å². The Hall–Kier alpha value is -0.830. The highest BCUT2D eigenvalue weighted by Crippen LogP contribution is 2.32. The Morgan fingerprint density at radius 3 is 2.89 bits per heavy atom. The summed E-state index contributed by atoms with van der Waals surface area (Å²) in [4.78, 5) is 12.0. The molecule has 3 heteroatoms. The summed E-state index contributed by atoms with van der Waals surface area (Å²) in [5.74, 6) is 1.42. The van der Waals surface area contributed by atoms with E-state index in [0.29, 0.717) is 5.92 Å². The Bertz CT molecular complexity index is 419. The summed E-state index contributed by atoms with van der Waals surface area (Å²) < 4.78 is 0. The van der Waals surface area contributed by atoms with E-state index in [9.17, 15) is 4.79 Å². The van der Waals surface area contributed by atoms with Gasteiger partial charge in [0.25, 0.3) is 5.91 Å². The summed E-state index contributed by atoms with van der Waals surface area (Å²) in [7, 11) is 0. The predicted molar refractivity (Wildman–Crippen MR) is 78.1 cm³/mol. The fourth-order valence-electron chi connectivity index (χ4n) is 2.70. The minimum atomic E-state index is 0.0546. The summed E-state index contributed by atoms with van der Waals surface area (Å²) >= 11 is 3.57. The summed E-state index contributed by atoms with van der Waals surface area (Å²) in [6.45, 7) is 2.82. The first kappa shape index (κ1) is 13.6. The van der Waals surface area contributed by atoms with Crippen LogP contribution >= 0.6 is 15.9 Å². The van der Waals surface area contributed by atoms with Crippen molar-refractivity contribution in [2.75, 3.05) is 11.9 Å². The average Bonchev–Trinajstić information content (AvgIpc) is 2.83. The van der Waals surface area contributed by atoms with Crippen molar-refractivity contribution in [1.82, 2.24) is 5.32 Å². The van der Waals surface area contributed by atoms with E-state index in [1.165, 1.54) is 19.3 Å². The van der Waals surface area contributed by atoms with Crippen molar-refractivity contribution in [3.63, 3.8) is 0 Å². The second kappa shape index (κ2) is 6.37. The molecule has 18 heavy (non-hydrogen) atoms. The molecule has 2 nitrogen and oxygen atoms in total. The monoisotopic (exact) mass is 309 g/mol. The van der Waals surface area contributed by atoms with Crippen LogP contribution in [0.15, 0.2) is 24.3 Å². The highest BCUT2D eigenvalue weighted by atomic mass is 79.9. The zero-order valence-corrected chi connectivity index (χ0v) is 12.4. The van der Waals surface area contributed by atoms with Gasteiger partial charge in [-0.1, -0.05) is 40.0 Å². The molecule has 0 spiro atoms. The molecule has 0 heterocycles. The van der Waals surface area contributed by atoms with Crippen molar-refractivity contribution < 1.29 is 4.79 Å². The molecular weight excluding hydrogens is 290 g/mol. The van der Waals surface area contributed by atoms with Gasteiger partial charge in [-0.2, -0.15) is 0 Å². The molecule has 1 aromatic rings. The number of hydrogen-bond donors (Lipinski definition) is 1. The predicted octanol–water partition coefficient (Wildman–Crippen LogP) is 3.54. The van der Waals surface area contributed by atoms with Crippen LogP contribution < -0.4 is 5.32 Å². The molecule has 98 valence electrons. The van der Waals surface area contributed by atoms with E-state index in [1.807, 2.05) is 31.2 Å². The number of amides is 1. The summed E-state index contributed by atoms with van der Waals surface area (Å²) in [6, 6.07) is 7.75. The first-order valence-electron chi connectivity index (χ1n) is 6.61. The third kappa shape index (κ3) is 3.35. The van der Waals surface area contributed by atoms with E-state index in [2.05, 4.69) is 21.2 Å². The van der Waals surface area contributed by atoms with Gasteiger partial charge in [-0.05, 0) is 43.7 Å². The fourth-order valence-corrected chi connectivity index (χ4v) is 3.55. The molecular formula is C15H20BrNO. The number of benzene rings is 1. The maximum absolute atomic E-state index is 12.0. The van der Waals surface area contributed by atoms with Crippen LogP contribution in [0.2, 0.25) is 0 Å². The van der Waals surface area contributed by atoms with E-state index < -0.39 is 0 Å². The molecule has 1 aliphatic rings. The Morgan fingerprint density at radius 1 is 1.39 bits per heavy atom. The van der Waals surface area contributed by atoms with Gasteiger partial charge in [0, 0.05) is 17.4 Å². The van der Waals surface area contributed by atoms with Gasteiger partial charge in [-0.15, -0.1) is 0 Å². The standard InChI is InChI=1S/C15H20BrNO/c1-11-4-2-5-12(8-11)15(18)17-10-14-7-3-6-13(14)9-16/h2,4-5,8,13-14H,3,6-7,9-10H2,1H3,(H,17,18). The number of aryl methyl sites for hydroxylation is 1. The molecule has 1 amide bonds. The fraction of sp³-hybridized carbons (Fsp3) is 0.533. The van der Waals surface area contributed by atoms with Crippen molar-refractivity contribution in [2.45, 2.75) is 26.2 Å². The van der Waals surface area contributed by atoms with Crippen LogP contribution in [0.4, 0.5) is 0 Å². The minimum absolute atomic E-state index is 0.0546. The minimum Gasteiger partial charge on any atom is -0.352 e. The molecule has 1 fully saturated rings. The molecule has 0 saturated heterocycles. The van der Waals surface area contributed by atoms with Gasteiger partial charge in [-0.25, -0.2) is 0 Å². The third-order valence-electron chi connectivity index (χ3n) is 3.82. The zero-order valence-electron chi connectivity index (χ0n) is 10.8. The number of carbonyl (C=O) groups excluding carboxylic acids is 1. The van der Waals surface area contributed by atoms with E-state index in [1.54, 1.807) is 0 Å². The summed E-state index contributed by atoms with van der Waals surface area (Å²) in [5.41, 5.74) is 1.89. The average molecular weight is 310 g/mol. The van der Waals surface area contributed by atoms with Crippen LogP contribution in [0.1, 0.15) is 35.2 Å². The van der Waals surface area contributed by atoms with Gasteiger partial charge in [0.2, 0.25) is 0 Å². The molecule has 1 saturated carbocycles. The quantitative estimate of drug-likeness (QED) is 0.847. The highest BCUT2D eigenvalue weighted by molar-refractivity contribution is 9.09. The van der Waals surface area contributed by atoms with Crippen molar-refractivity contribution in [3.05, 3.63) is 35.4 Å². The molecule has 2 atom stereocenters. The topological polar surface area (TPSA) is 29.1 Å². The largest absolute Gasteiger partial charge is 0.352 e. The van der Waals surface area contributed by atoms with Crippen LogP contribution in [0, 0.1) is 18.8 Å². The Kier molecular flexibility index (Phi) is 4.81. The van der Waals surface area contributed by atoms with Gasteiger partial charge in [0.15, 0.2) is 0 Å². The number of hydrogen-bond acceptors (Lipinski definition) is 1. The van der Waals surface area contributed by atoms with E-state index in [4.69, 9.17) is 0 Å². The van der Waals surface area contributed by atoms with E-state index in [0.717, 1.165) is 28.9 Å². The number of rotatable bonds is 4. The second-order valence-corrected chi connectivity index (χ2v) is 5.83. The molecule has 0 aromatic heterocycles. The maximum atomic E-state index is 12.0. The molecule has 1 aliphatic carbocycles. The van der Waals surface area contributed by atoms with Crippen LogP contribution in [-0.4, -0.2) is 17.8 Å². The van der Waals surface area contributed by atoms with Crippen molar-refractivity contribution in [3.8, 4) is 0 Å². The number of halogens is 1. The first-order chi connectivity index (χ1) is 8.70. The van der Waals surface area contributed by atoms with Crippen LogP contribution in [0.5, 0.6) is 0 Å². The van der Waals surface area contributed by atoms with Gasteiger partial charge < -0.3 is 5.32 Å². The van der Waals surface area contributed by atoms with Crippen LogP contribution in [-0.2, 0) is 0 Å². The van der Waals surface area contributed by atoms with E-state index in [-0.39, 0.29) is 5.91 Å². The molecule has 0 bridgehead atoms. The van der Waals surface area contributed by atoms with Gasteiger partial charge in [-0.3, -0.25) is 4.79 Å². The zero-order chi connectivity index (χ0) is 13.0. The SMILES string of the molecule is Cc1cccc(C(=O)NCC2CCCC2CBr)c1. The van der Waals surface area contributed by atoms with Crippen molar-refractivity contribution >= 4 is 21.8 Å². The Labute approximate surface area is 117 Å². The maximum Gasteiger partial charge on any atom is 0.251 e. The molecule has 0 radical (unpaired) electrons. The molecule has 0 aliphatic heterocycles. The summed E-state index contributed by atoms with van der Waals surface area (Å²) in [5, 5.41) is 4.13. The smallest absolute Gasteiger partial charge is 0.251 e. The molecule has 2 rings (SSSR count). The second-order valence-electron chi connectivity index (χ2n) is 5.18. The molecule has 1 aromatic carbocycles. The summed E-state index contributed by atoms with van der Waals surface area (Å²) in [6.07, 6.45) is 3.82. The van der Waals surface area contributed by atoms with E-state index >= 15 is 0 Å².